The fourth-order valence-electron chi connectivity index (χ4n) is 3.19. The summed E-state index contributed by atoms with van der Waals surface area (Å²) in [6, 6.07) is 12.3. The Morgan fingerprint density at radius 1 is 1.15 bits per heavy atom. The SMILES string of the molecule is OC1CCCc2c1ccn2-c1cccc2ncccc12. The minimum absolute atomic E-state index is 0.312. The minimum Gasteiger partial charge on any atom is -0.388 e. The summed E-state index contributed by atoms with van der Waals surface area (Å²) in [6.07, 6.45) is 6.51. The maximum absolute atomic E-state index is 10.1. The van der Waals surface area contributed by atoms with E-state index in [1.54, 1.807) is 0 Å². The van der Waals surface area contributed by atoms with Crippen molar-refractivity contribution in [1.82, 2.24) is 9.55 Å². The first-order valence-electron chi connectivity index (χ1n) is 7.07. The van der Waals surface area contributed by atoms with Crippen molar-refractivity contribution >= 4 is 10.9 Å². The van der Waals surface area contributed by atoms with Gasteiger partial charge in [-0.1, -0.05) is 6.07 Å². The summed E-state index contributed by atoms with van der Waals surface area (Å²) in [5.41, 5.74) is 4.46. The number of hydrogen-bond donors (Lipinski definition) is 1. The van der Waals surface area contributed by atoms with E-state index in [9.17, 15) is 5.11 Å². The van der Waals surface area contributed by atoms with Crippen molar-refractivity contribution in [3.63, 3.8) is 0 Å². The van der Waals surface area contributed by atoms with Gasteiger partial charge in [0, 0.05) is 29.0 Å². The Kier molecular flexibility index (Phi) is 2.60. The number of rotatable bonds is 1. The van der Waals surface area contributed by atoms with Crippen LogP contribution in [0.25, 0.3) is 16.6 Å². The van der Waals surface area contributed by atoms with Gasteiger partial charge in [0.2, 0.25) is 0 Å². The number of nitrogens with zero attached hydrogens (tertiary/aromatic N) is 2. The summed E-state index contributed by atoms with van der Waals surface area (Å²) >= 11 is 0. The molecule has 0 amide bonds. The van der Waals surface area contributed by atoms with Gasteiger partial charge < -0.3 is 9.67 Å². The summed E-state index contributed by atoms with van der Waals surface area (Å²) < 4.78 is 2.21. The normalized spacial score (nSPS) is 18.1. The maximum Gasteiger partial charge on any atom is 0.0807 e. The molecule has 20 heavy (non-hydrogen) atoms. The quantitative estimate of drug-likeness (QED) is 0.731. The molecule has 1 aromatic carbocycles. The molecular formula is C17H16N2O. The van der Waals surface area contributed by atoms with Crippen LogP contribution in [0.4, 0.5) is 0 Å². The molecule has 2 aromatic heterocycles. The molecule has 1 atom stereocenters. The van der Waals surface area contributed by atoms with Crippen molar-refractivity contribution < 1.29 is 5.11 Å². The number of fused-ring (bicyclic) bond motifs is 2. The Bertz CT molecular complexity index is 770. The average molecular weight is 264 g/mol. The molecule has 0 spiro atoms. The van der Waals surface area contributed by atoms with E-state index in [2.05, 4.69) is 27.9 Å². The number of aliphatic hydroxyl groups is 1. The van der Waals surface area contributed by atoms with Gasteiger partial charge in [-0.3, -0.25) is 4.98 Å². The van der Waals surface area contributed by atoms with Gasteiger partial charge in [-0.2, -0.15) is 0 Å². The molecule has 0 fully saturated rings. The second-order valence-corrected chi connectivity index (χ2v) is 5.34. The molecule has 0 radical (unpaired) electrons. The maximum atomic E-state index is 10.1. The zero-order chi connectivity index (χ0) is 13.5. The van der Waals surface area contributed by atoms with E-state index in [-0.39, 0.29) is 6.10 Å². The Balaban J connectivity index is 1.96. The lowest BCUT2D eigenvalue weighted by molar-refractivity contribution is 0.156. The highest BCUT2D eigenvalue weighted by atomic mass is 16.3. The molecule has 0 saturated heterocycles. The largest absolute Gasteiger partial charge is 0.388 e. The van der Waals surface area contributed by atoms with Crippen molar-refractivity contribution in [1.29, 1.82) is 0 Å². The first-order chi connectivity index (χ1) is 9.84. The lowest BCUT2D eigenvalue weighted by Crippen LogP contribution is -2.11. The molecular weight excluding hydrogens is 248 g/mol. The zero-order valence-corrected chi connectivity index (χ0v) is 11.2. The molecule has 3 nitrogen and oxygen atoms in total. The van der Waals surface area contributed by atoms with Gasteiger partial charge in [0.15, 0.2) is 0 Å². The topological polar surface area (TPSA) is 38.0 Å². The Hall–Kier alpha value is -2.13. The standard InChI is InChI=1S/C17H16N2O/c20-17-8-2-7-16-13(17)9-11-19(16)15-6-1-5-14-12(15)4-3-10-18-14/h1,3-6,9-11,17,20H,2,7-8H2. The molecule has 1 aliphatic carbocycles. The van der Waals surface area contributed by atoms with Crippen molar-refractivity contribution in [2.24, 2.45) is 0 Å². The highest BCUT2D eigenvalue weighted by Crippen LogP contribution is 2.33. The second-order valence-electron chi connectivity index (χ2n) is 5.34. The van der Waals surface area contributed by atoms with Crippen LogP contribution in [-0.2, 0) is 6.42 Å². The van der Waals surface area contributed by atoms with Crippen LogP contribution in [0.2, 0.25) is 0 Å². The third-order valence-electron chi connectivity index (χ3n) is 4.16. The Morgan fingerprint density at radius 2 is 2.10 bits per heavy atom. The van der Waals surface area contributed by atoms with Crippen molar-refractivity contribution in [3.8, 4) is 5.69 Å². The van der Waals surface area contributed by atoms with Crippen LogP contribution in [0.3, 0.4) is 0 Å². The predicted octanol–water partition coefficient (Wildman–Crippen LogP) is 3.40. The van der Waals surface area contributed by atoms with Gasteiger partial charge in [-0.25, -0.2) is 0 Å². The van der Waals surface area contributed by atoms with Crippen molar-refractivity contribution in [3.05, 3.63) is 60.0 Å². The van der Waals surface area contributed by atoms with Gasteiger partial charge in [0.25, 0.3) is 0 Å². The molecule has 1 unspecified atom stereocenters. The third-order valence-corrected chi connectivity index (χ3v) is 4.16. The van der Waals surface area contributed by atoms with Crippen LogP contribution in [0.15, 0.2) is 48.8 Å². The van der Waals surface area contributed by atoms with Gasteiger partial charge in [-0.05, 0) is 49.6 Å². The molecule has 1 N–H and O–H groups in total. The number of benzene rings is 1. The smallest absolute Gasteiger partial charge is 0.0807 e. The monoisotopic (exact) mass is 264 g/mol. The van der Waals surface area contributed by atoms with E-state index in [0.29, 0.717) is 0 Å². The van der Waals surface area contributed by atoms with Gasteiger partial charge >= 0.3 is 0 Å². The molecule has 0 aliphatic heterocycles. The molecule has 1 aliphatic rings. The second kappa shape index (κ2) is 4.46. The van der Waals surface area contributed by atoms with E-state index >= 15 is 0 Å². The molecule has 100 valence electrons. The van der Waals surface area contributed by atoms with Crippen molar-refractivity contribution in [2.45, 2.75) is 25.4 Å². The molecule has 2 heterocycles. The first kappa shape index (κ1) is 11.7. The number of aromatic nitrogens is 2. The van der Waals surface area contributed by atoms with E-state index in [1.165, 1.54) is 5.69 Å². The van der Waals surface area contributed by atoms with Crippen LogP contribution in [0, 0.1) is 0 Å². The van der Waals surface area contributed by atoms with Crippen LogP contribution in [0.1, 0.15) is 30.2 Å². The Morgan fingerprint density at radius 3 is 3.05 bits per heavy atom. The van der Waals surface area contributed by atoms with Gasteiger partial charge in [0.05, 0.1) is 17.3 Å². The Labute approximate surface area is 117 Å². The molecule has 3 aromatic rings. The molecule has 3 heteroatoms. The molecule has 0 bridgehead atoms. The third kappa shape index (κ3) is 1.67. The summed E-state index contributed by atoms with van der Waals surface area (Å²) in [5.74, 6) is 0. The number of pyridine rings is 1. The van der Waals surface area contributed by atoms with Crippen molar-refractivity contribution in [2.75, 3.05) is 0 Å². The van der Waals surface area contributed by atoms with E-state index in [0.717, 1.165) is 41.4 Å². The van der Waals surface area contributed by atoms with E-state index in [4.69, 9.17) is 0 Å². The van der Waals surface area contributed by atoms with Crippen LogP contribution < -0.4 is 0 Å². The zero-order valence-electron chi connectivity index (χ0n) is 11.2. The average Bonchev–Trinajstić information content (AvgIpc) is 2.92. The lowest BCUT2D eigenvalue weighted by atomic mass is 9.95. The summed E-state index contributed by atoms with van der Waals surface area (Å²) in [6.45, 7) is 0. The fraction of sp³-hybridized carbons (Fsp3) is 0.235. The molecule has 0 saturated carbocycles. The van der Waals surface area contributed by atoms with Gasteiger partial charge in [0.1, 0.15) is 0 Å². The molecule has 4 rings (SSSR count). The fourth-order valence-corrected chi connectivity index (χ4v) is 3.19. The van der Waals surface area contributed by atoms with Crippen LogP contribution in [-0.4, -0.2) is 14.7 Å². The van der Waals surface area contributed by atoms with Crippen LogP contribution in [0.5, 0.6) is 0 Å². The summed E-state index contributed by atoms with van der Waals surface area (Å²) in [4.78, 5) is 4.42. The summed E-state index contributed by atoms with van der Waals surface area (Å²) in [5, 5.41) is 11.3. The highest BCUT2D eigenvalue weighted by Gasteiger charge is 2.22. The minimum atomic E-state index is -0.312. The summed E-state index contributed by atoms with van der Waals surface area (Å²) in [7, 11) is 0. The lowest BCUT2D eigenvalue weighted by Gasteiger charge is -2.20. The number of hydrogen-bond acceptors (Lipinski definition) is 2. The van der Waals surface area contributed by atoms with E-state index < -0.39 is 0 Å². The number of aliphatic hydroxyl groups excluding tert-OH is 1. The highest BCUT2D eigenvalue weighted by molar-refractivity contribution is 5.87. The van der Waals surface area contributed by atoms with Gasteiger partial charge in [-0.15, -0.1) is 0 Å². The van der Waals surface area contributed by atoms with E-state index in [1.807, 2.05) is 30.5 Å². The first-order valence-corrected chi connectivity index (χ1v) is 7.07. The van der Waals surface area contributed by atoms with Crippen LogP contribution >= 0.6 is 0 Å². The predicted molar refractivity (Wildman–Crippen MR) is 79.0 cm³/mol.